The van der Waals surface area contributed by atoms with Gasteiger partial charge in [-0.05, 0) is 88.6 Å². The summed E-state index contributed by atoms with van der Waals surface area (Å²) in [4.78, 5) is 0. The second kappa shape index (κ2) is 50.5. The molecular formula is C112H100N16Pt4-12. The Hall–Kier alpha value is -12.9. The summed E-state index contributed by atoms with van der Waals surface area (Å²) in [5, 5.41) is 50.3. The molecular weight excluding hydrogens is 2350 g/mol. The molecule has 20 aromatic rings. The third-order valence-electron chi connectivity index (χ3n) is 20.0. The molecule has 20 rings (SSSR count). The van der Waals surface area contributed by atoms with Crippen molar-refractivity contribution < 1.29 is 84.3 Å². The first-order valence-electron chi connectivity index (χ1n) is 42.2. The van der Waals surface area contributed by atoms with Crippen LogP contribution < -0.4 is 20.4 Å². The number of aromatic nitrogens is 16. The first-order valence-corrected chi connectivity index (χ1v) is 42.2. The maximum absolute atomic E-state index is 4.40. The summed E-state index contributed by atoms with van der Waals surface area (Å²) in [6, 6.07) is 135. The molecule has 132 heavy (non-hydrogen) atoms. The van der Waals surface area contributed by atoms with Crippen LogP contribution in [0.5, 0.6) is 0 Å². The minimum atomic E-state index is 0. The van der Waals surface area contributed by atoms with Crippen LogP contribution in [0.25, 0.3) is 112 Å². The van der Waals surface area contributed by atoms with E-state index < -0.39 is 0 Å². The molecule has 0 amide bonds. The number of hydrogen-bond acceptors (Lipinski definition) is 8. The van der Waals surface area contributed by atoms with Gasteiger partial charge >= 0.3 is 0 Å². The van der Waals surface area contributed by atoms with Gasteiger partial charge in [-0.3, -0.25) is 18.7 Å². The van der Waals surface area contributed by atoms with E-state index in [1.165, 1.54) is 33.4 Å². The molecule has 20 heteroatoms. The molecule has 0 radical (unpaired) electrons. The summed E-state index contributed by atoms with van der Waals surface area (Å²) in [6.07, 6.45) is 7.31. The Morgan fingerprint density at radius 3 is 0.811 bits per heavy atom. The van der Waals surface area contributed by atoms with Crippen molar-refractivity contribution in [2.75, 3.05) is 0 Å². The molecule has 680 valence electrons. The van der Waals surface area contributed by atoms with E-state index in [2.05, 4.69) is 261 Å². The summed E-state index contributed by atoms with van der Waals surface area (Å²) in [5.41, 5.74) is 31.6. The van der Waals surface area contributed by atoms with E-state index in [0.29, 0.717) is 0 Å². The Bertz CT molecular complexity index is 6390. The van der Waals surface area contributed by atoms with Crippen LogP contribution in [0.2, 0.25) is 0 Å². The van der Waals surface area contributed by atoms with Crippen LogP contribution in [-0.4, -0.2) is 59.5 Å². The molecule has 0 bridgehead atoms. The molecule has 12 aromatic carbocycles. The zero-order valence-electron chi connectivity index (χ0n) is 75.9. The van der Waals surface area contributed by atoms with E-state index in [1.54, 1.807) is 21.8 Å². The van der Waals surface area contributed by atoms with Gasteiger partial charge in [0, 0.05) is 154 Å². The van der Waals surface area contributed by atoms with E-state index in [0.717, 1.165) is 136 Å². The number of nitrogens with zero attached hydrogens (tertiary/aromatic N) is 16. The van der Waals surface area contributed by atoms with Crippen LogP contribution in [-0.2, 0) is 95.1 Å². The Balaban J connectivity index is 0.000000170. The van der Waals surface area contributed by atoms with Crippen LogP contribution in [0.1, 0.15) is 98.2 Å². The Morgan fingerprint density at radius 2 is 0.561 bits per heavy atom. The van der Waals surface area contributed by atoms with Gasteiger partial charge in [0.15, 0.2) is 0 Å². The predicted octanol–water partition coefficient (Wildman–Crippen LogP) is 24.4. The number of hydrogen-bond donors (Lipinski definition) is 0. The van der Waals surface area contributed by atoms with E-state index in [9.17, 15) is 0 Å². The van der Waals surface area contributed by atoms with Gasteiger partial charge in [-0.25, -0.2) is 22.8 Å². The van der Waals surface area contributed by atoms with Gasteiger partial charge < -0.3 is 40.8 Å². The summed E-state index contributed by atoms with van der Waals surface area (Å²) in [5.74, 6) is 0. The van der Waals surface area contributed by atoms with Crippen molar-refractivity contribution in [3.63, 3.8) is 0 Å². The van der Waals surface area contributed by atoms with Crippen molar-refractivity contribution in [1.82, 2.24) is 79.9 Å². The number of benzene rings is 12. The standard InChI is InChI=1S/2C19H18N2.2C16H12N2.C12H13N2.C11H11N2.C10H9N2.C9H7N2.4Pt/c2*1-19(2,3)18-13-17(20-21-18)16-11-9-15(10-12-16)14-7-5-4-6-8-14;2*1-12-11-16(18-17-12)15-9-7-14(8-10-15)13-5-3-2-4-6-13;1-9-4-6-12(7-5-9)14-11(3)8-10(2)13-14;1-9-8-10(2)13(12-9)11-6-4-3-5-7-11;1-9-3-5-10(6-4-9)12-8-2-7-11-12;1-2-5-9(6-3-1)11-8-4-7-10-11;;;;/h2*4-11,13H,1-3H3;2*2-9,11H,1H3;4-6,8H,1-3H3;3-6,8H,1-2H3;2-5,7-8H,1H3;1-5,7-8H;;;;/q4*-2;4*-1;;;;. The number of rotatable bonds is 12. The zero-order chi connectivity index (χ0) is 89.8. The van der Waals surface area contributed by atoms with Crippen molar-refractivity contribution in [1.29, 1.82) is 0 Å². The third kappa shape index (κ3) is 30.1. The molecule has 0 saturated carbocycles. The Labute approximate surface area is 834 Å². The zero-order valence-corrected chi connectivity index (χ0v) is 85.0. The molecule has 0 unspecified atom stereocenters. The maximum atomic E-state index is 4.40. The molecule has 0 spiro atoms. The van der Waals surface area contributed by atoms with Crippen molar-refractivity contribution >= 4 is 0 Å². The van der Waals surface area contributed by atoms with Gasteiger partial charge in [0.2, 0.25) is 0 Å². The SMILES string of the molecule is CC(C)(C)c1cc(-c2[c-]cc(-c3ccccc3)cc2)[n-]n1.CC(C)(C)c1cc(-c2[c-]cc(-c3ccccc3)cc2)[n-]n1.Cc1c[c-]c(-n2cccn2)cc1.Cc1c[c-]c(-n2nc(C)cc2C)cc1.Cc1cc(-c2[c-]cc(-c3ccccc3)cc2)[n-]n1.Cc1cc(-c2[c-]cc(-c3ccccc3)cc2)[n-]n1.Cc1cc(C)n(-c2[c-]cccc2)n1.[Pt].[Pt].[Pt].[Pt].[c-]1ccccc1-n1cccn1. The van der Waals surface area contributed by atoms with E-state index >= 15 is 0 Å². The minimum Gasteiger partial charge on any atom is -0.619 e. The molecule has 0 atom stereocenters. The molecule has 8 aromatic heterocycles. The minimum absolute atomic E-state index is 0. The van der Waals surface area contributed by atoms with E-state index in [-0.39, 0.29) is 95.1 Å². The molecule has 16 nitrogen and oxygen atoms in total. The monoisotopic (exact) mass is 2450 g/mol. The largest absolute Gasteiger partial charge is 0.619 e. The summed E-state index contributed by atoms with van der Waals surface area (Å²) in [6.45, 7) is 28.9. The number of para-hydroxylation sites is 2. The average Bonchev–Trinajstić information content (AvgIpc) is 1.67. The van der Waals surface area contributed by atoms with Crippen molar-refractivity contribution in [2.45, 2.75) is 108 Å². The Morgan fingerprint density at radius 1 is 0.258 bits per heavy atom. The quantitative estimate of drug-likeness (QED) is 0.106. The van der Waals surface area contributed by atoms with Crippen molar-refractivity contribution in [2.24, 2.45) is 0 Å². The summed E-state index contributed by atoms with van der Waals surface area (Å²) in [7, 11) is 0. The normalized spacial score (nSPS) is 10.4. The third-order valence-corrected chi connectivity index (χ3v) is 20.0. The molecule has 0 aliphatic rings. The molecule has 0 aliphatic carbocycles. The molecule has 8 heterocycles. The first-order chi connectivity index (χ1) is 62.0. The Kier molecular flexibility index (Phi) is 39.3. The van der Waals surface area contributed by atoms with Gasteiger partial charge in [0.05, 0.1) is 11.4 Å². The van der Waals surface area contributed by atoms with Crippen LogP contribution in [0, 0.1) is 104 Å². The van der Waals surface area contributed by atoms with Gasteiger partial charge in [-0.1, -0.05) is 245 Å². The fourth-order valence-electron chi connectivity index (χ4n) is 13.1. The second-order valence-corrected chi connectivity index (χ2v) is 32.5. The predicted molar refractivity (Wildman–Crippen MR) is 514 cm³/mol. The van der Waals surface area contributed by atoms with E-state index in [1.807, 2.05) is 295 Å². The fourth-order valence-corrected chi connectivity index (χ4v) is 13.1. The molecule has 0 fully saturated rings. The van der Waals surface area contributed by atoms with E-state index in [4.69, 9.17) is 0 Å². The van der Waals surface area contributed by atoms with Gasteiger partial charge in [-0.2, -0.15) is 139 Å². The van der Waals surface area contributed by atoms with Crippen LogP contribution in [0.15, 0.2) is 352 Å². The first kappa shape index (κ1) is 103. The van der Waals surface area contributed by atoms with Gasteiger partial charge in [0.1, 0.15) is 0 Å². The second-order valence-electron chi connectivity index (χ2n) is 32.5. The molecule has 0 N–H and O–H groups in total. The topological polar surface area (TPSA) is 179 Å². The smallest absolute Gasteiger partial charge is 0.0600 e. The fraction of sp³-hybridized carbons (Fsp3) is 0.143. The summed E-state index contributed by atoms with van der Waals surface area (Å²) < 4.78 is 7.38. The van der Waals surface area contributed by atoms with Crippen LogP contribution >= 0.6 is 0 Å². The van der Waals surface area contributed by atoms with Crippen molar-refractivity contribution in [3.05, 3.63) is 458 Å². The number of aryl methyl sites for hydroxylation is 8. The van der Waals surface area contributed by atoms with Crippen molar-refractivity contribution in [3.8, 4) is 112 Å². The van der Waals surface area contributed by atoms with Crippen LogP contribution in [0.4, 0.5) is 0 Å². The van der Waals surface area contributed by atoms with Crippen LogP contribution in [0.3, 0.4) is 0 Å². The average molecular weight is 2450 g/mol. The summed E-state index contributed by atoms with van der Waals surface area (Å²) >= 11 is 0. The molecule has 0 saturated heterocycles. The van der Waals surface area contributed by atoms with Gasteiger partial charge in [-0.15, -0.1) is 121 Å². The molecule has 0 aliphatic heterocycles. The maximum Gasteiger partial charge on any atom is 0.0600 e. The van der Waals surface area contributed by atoms with Gasteiger partial charge in [0.25, 0.3) is 0 Å².